The van der Waals surface area contributed by atoms with Crippen molar-refractivity contribution in [2.24, 2.45) is 5.73 Å². The second-order valence-corrected chi connectivity index (χ2v) is 5.98. The van der Waals surface area contributed by atoms with Crippen LogP contribution < -0.4 is 15.4 Å². The lowest BCUT2D eigenvalue weighted by atomic mass is 9.80. The molecule has 0 spiro atoms. The molecule has 0 radical (unpaired) electrons. The zero-order valence-electron chi connectivity index (χ0n) is 12.6. The van der Waals surface area contributed by atoms with Gasteiger partial charge in [-0.3, -0.25) is 0 Å². The van der Waals surface area contributed by atoms with Gasteiger partial charge < -0.3 is 15.4 Å². The number of benzene rings is 1. The number of fused-ring (bicyclic) bond motifs is 1. The van der Waals surface area contributed by atoms with E-state index in [0.717, 1.165) is 18.7 Å². The fourth-order valence-corrected chi connectivity index (χ4v) is 3.31. The molecule has 0 saturated carbocycles. The van der Waals surface area contributed by atoms with Crippen LogP contribution in [0.2, 0.25) is 0 Å². The Morgan fingerprint density at radius 1 is 1.42 bits per heavy atom. The Balaban J connectivity index is 2.54. The molecule has 0 bridgehead atoms. The Bertz CT molecular complexity index is 442. The number of hydrogen-bond acceptors (Lipinski definition) is 3. The Labute approximate surface area is 116 Å². The summed E-state index contributed by atoms with van der Waals surface area (Å²) in [5.41, 5.74) is 8.57. The summed E-state index contributed by atoms with van der Waals surface area (Å²) < 4.78 is 5.84. The molecule has 1 aromatic carbocycles. The van der Waals surface area contributed by atoms with E-state index in [1.165, 1.54) is 11.3 Å². The first-order valence-electron chi connectivity index (χ1n) is 7.24. The fraction of sp³-hybridized carbons (Fsp3) is 0.625. The Hall–Kier alpha value is -1.22. The maximum atomic E-state index is 5.84. The van der Waals surface area contributed by atoms with Gasteiger partial charge in [-0.15, -0.1) is 0 Å². The highest BCUT2D eigenvalue weighted by Gasteiger charge is 2.37. The van der Waals surface area contributed by atoms with E-state index >= 15 is 0 Å². The molecule has 19 heavy (non-hydrogen) atoms. The van der Waals surface area contributed by atoms with Gasteiger partial charge in [0.25, 0.3) is 0 Å². The van der Waals surface area contributed by atoms with E-state index in [4.69, 9.17) is 10.5 Å². The number of rotatable bonds is 4. The number of para-hydroxylation sites is 1. The van der Waals surface area contributed by atoms with E-state index in [1.807, 2.05) is 6.92 Å². The third kappa shape index (κ3) is 2.57. The predicted molar refractivity (Wildman–Crippen MR) is 81.1 cm³/mol. The number of nitrogens with zero attached hydrogens (tertiary/aromatic N) is 1. The van der Waals surface area contributed by atoms with Crippen molar-refractivity contribution in [2.75, 3.05) is 24.6 Å². The summed E-state index contributed by atoms with van der Waals surface area (Å²) in [5, 5.41) is 0. The van der Waals surface area contributed by atoms with Crippen LogP contribution in [0.1, 0.15) is 45.6 Å². The largest absolute Gasteiger partial charge is 0.492 e. The maximum Gasteiger partial charge on any atom is 0.142 e. The monoisotopic (exact) mass is 262 g/mol. The first-order chi connectivity index (χ1) is 9.01. The van der Waals surface area contributed by atoms with E-state index in [-0.39, 0.29) is 5.54 Å². The molecule has 1 unspecified atom stereocenters. The number of ether oxygens (including phenoxy) is 1. The normalized spacial score (nSPS) is 21.1. The van der Waals surface area contributed by atoms with Crippen LogP contribution in [0.4, 0.5) is 5.69 Å². The van der Waals surface area contributed by atoms with Gasteiger partial charge in [0.15, 0.2) is 0 Å². The molecule has 1 aliphatic rings. The van der Waals surface area contributed by atoms with E-state index < -0.39 is 0 Å². The van der Waals surface area contributed by atoms with Gasteiger partial charge in [-0.05, 0) is 44.7 Å². The zero-order valence-corrected chi connectivity index (χ0v) is 12.6. The van der Waals surface area contributed by atoms with Crippen molar-refractivity contribution in [1.82, 2.24) is 0 Å². The van der Waals surface area contributed by atoms with Crippen LogP contribution in [0.3, 0.4) is 0 Å². The van der Waals surface area contributed by atoms with Gasteiger partial charge >= 0.3 is 0 Å². The highest BCUT2D eigenvalue weighted by molar-refractivity contribution is 5.68. The molecule has 0 aromatic heterocycles. The molecule has 1 atom stereocenters. The van der Waals surface area contributed by atoms with Crippen molar-refractivity contribution < 1.29 is 4.74 Å². The first kappa shape index (κ1) is 14.2. The molecule has 1 aliphatic heterocycles. The van der Waals surface area contributed by atoms with Crippen molar-refractivity contribution in [3.63, 3.8) is 0 Å². The molecule has 3 heteroatoms. The summed E-state index contributed by atoms with van der Waals surface area (Å²) in [7, 11) is 0. The molecule has 0 saturated heterocycles. The third-order valence-corrected chi connectivity index (χ3v) is 4.02. The van der Waals surface area contributed by atoms with Gasteiger partial charge in [0.2, 0.25) is 0 Å². The number of anilines is 1. The SMILES string of the molecule is CCOc1cccc2c1N(CCN)C(C)(C)CC2C. The van der Waals surface area contributed by atoms with Gasteiger partial charge in [0, 0.05) is 18.6 Å². The number of nitrogens with two attached hydrogens (primary N) is 1. The van der Waals surface area contributed by atoms with Crippen LogP contribution in [0.15, 0.2) is 18.2 Å². The standard InChI is InChI=1S/C16H26N2O/c1-5-19-14-8-6-7-13-12(2)11-16(3,4)18(10-9-17)15(13)14/h6-8,12H,5,9-11,17H2,1-4H3. The third-order valence-electron chi connectivity index (χ3n) is 4.02. The van der Waals surface area contributed by atoms with Crippen LogP contribution >= 0.6 is 0 Å². The molecule has 106 valence electrons. The Morgan fingerprint density at radius 3 is 2.79 bits per heavy atom. The molecule has 0 aliphatic carbocycles. The van der Waals surface area contributed by atoms with Gasteiger partial charge in [-0.2, -0.15) is 0 Å². The lowest BCUT2D eigenvalue weighted by molar-refractivity contribution is 0.326. The average Bonchev–Trinajstić information content (AvgIpc) is 2.34. The summed E-state index contributed by atoms with van der Waals surface area (Å²) >= 11 is 0. The van der Waals surface area contributed by atoms with Crippen LogP contribution in [-0.2, 0) is 0 Å². The lowest BCUT2D eigenvalue weighted by Gasteiger charge is -2.48. The topological polar surface area (TPSA) is 38.5 Å². The van der Waals surface area contributed by atoms with Gasteiger partial charge in [0.1, 0.15) is 5.75 Å². The van der Waals surface area contributed by atoms with Crippen molar-refractivity contribution in [3.8, 4) is 5.75 Å². The Morgan fingerprint density at radius 2 is 2.16 bits per heavy atom. The van der Waals surface area contributed by atoms with E-state index in [1.54, 1.807) is 0 Å². The van der Waals surface area contributed by atoms with E-state index in [2.05, 4.69) is 43.9 Å². The summed E-state index contributed by atoms with van der Waals surface area (Å²) in [6.45, 7) is 11.2. The summed E-state index contributed by atoms with van der Waals surface area (Å²) in [5.74, 6) is 1.55. The second kappa shape index (κ2) is 5.41. The molecular weight excluding hydrogens is 236 g/mol. The van der Waals surface area contributed by atoms with E-state index in [0.29, 0.717) is 19.1 Å². The lowest BCUT2D eigenvalue weighted by Crippen LogP contribution is -2.50. The van der Waals surface area contributed by atoms with Crippen LogP contribution in [0.25, 0.3) is 0 Å². The molecule has 2 N–H and O–H groups in total. The smallest absolute Gasteiger partial charge is 0.142 e. The van der Waals surface area contributed by atoms with Crippen molar-refractivity contribution in [1.29, 1.82) is 0 Å². The minimum Gasteiger partial charge on any atom is -0.492 e. The Kier molecular flexibility index (Phi) is 4.04. The molecule has 0 fully saturated rings. The second-order valence-electron chi connectivity index (χ2n) is 5.98. The van der Waals surface area contributed by atoms with Crippen LogP contribution in [0, 0.1) is 0 Å². The summed E-state index contributed by atoms with van der Waals surface area (Å²) in [4.78, 5) is 2.42. The minimum atomic E-state index is 0.124. The zero-order chi connectivity index (χ0) is 14.0. The van der Waals surface area contributed by atoms with Crippen molar-refractivity contribution in [2.45, 2.75) is 45.6 Å². The summed E-state index contributed by atoms with van der Waals surface area (Å²) in [6, 6.07) is 6.39. The molecular formula is C16H26N2O. The van der Waals surface area contributed by atoms with Crippen LogP contribution in [0.5, 0.6) is 5.75 Å². The van der Waals surface area contributed by atoms with Crippen molar-refractivity contribution >= 4 is 5.69 Å². The highest BCUT2D eigenvalue weighted by Crippen LogP contribution is 2.47. The fourth-order valence-electron chi connectivity index (χ4n) is 3.31. The molecule has 2 rings (SSSR count). The van der Waals surface area contributed by atoms with E-state index in [9.17, 15) is 0 Å². The molecule has 0 amide bonds. The van der Waals surface area contributed by atoms with Gasteiger partial charge in [-0.25, -0.2) is 0 Å². The molecule has 1 heterocycles. The van der Waals surface area contributed by atoms with Gasteiger partial charge in [-0.1, -0.05) is 19.1 Å². The molecule has 1 aromatic rings. The predicted octanol–water partition coefficient (Wildman–Crippen LogP) is 3.14. The molecule has 3 nitrogen and oxygen atoms in total. The minimum absolute atomic E-state index is 0.124. The quantitative estimate of drug-likeness (QED) is 0.906. The summed E-state index contributed by atoms with van der Waals surface area (Å²) in [6.07, 6.45) is 1.15. The van der Waals surface area contributed by atoms with Crippen LogP contribution in [-0.4, -0.2) is 25.2 Å². The highest BCUT2D eigenvalue weighted by atomic mass is 16.5. The van der Waals surface area contributed by atoms with Crippen molar-refractivity contribution in [3.05, 3.63) is 23.8 Å². The first-order valence-corrected chi connectivity index (χ1v) is 7.24. The number of hydrogen-bond donors (Lipinski definition) is 1. The average molecular weight is 262 g/mol. The van der Waals surface area contributed by atoms with Gasteiger partial charge in [0.05, 0.1) is 12.3 Å². The maximum absolute atomic E-state index is 5.84.